The minimum absolute atomic E-state index is 0. The first-order valence-electron chi connectivity index (χ1n) is 6.87. The van der Waals surface area contributed by atoms with Crippen LogP contribution in [0.4, 0.5) is 0 Å². The second kappa shape index (κ2) is 10.9. The lowest BCUT2D eigenvalue weighted by molar-refractivity contribution is 0.280. The van der Waals surface area contributed by atoms with Gasteiger partial charge in [0.25, 0.3) is 0 Å². The fourth-order valence-electron chi connectivity index (χ4n) is 1.67. The molecule has 0 amide bonds. The van der Waals surface area contributed by atoms with Crippen molar-refractivity contribution < 1.29 is 5.11 Å². The highest BCUT2D eigenvalue weighted by Crippen LogP contribution is 2.09. The summed E-state index contributed by atoms with van der Waals surface area (Å²) in [5, 5.41) is 15.8. The molecular formula is C15H26IN3O. The molecule has 1 aromatic rings. The van der Waals surface area contributed by atoms with Crippen molar-refractivity contribution >= 4 is 29.9 Å². The van der Waals surface area contributed by atoms with Crippen LogP contribution in [-0.2, 0) is 13.2 Å². The summed E-state index contributed by atoms with van der Waals surface area (Å²) in [7, 11) is 0. The van der Waals surface area contributed by atoms with Gasteiger partial charge in [0.05, 0.1) is 13.2 Å². The molecule has 0 atom stereocenters. The molecular weight excluding hydrogens is 365 g/mol. The normalized spacial score (nSPS) is 11.2. The minimum Gasteiger partial charge on any atom is -0.392 e. The number of halogens is 1. The number of aliphatic imine (C=N–C) groups is 1. The van der Waals surface area contributed by atoms with Crippen molar-refractivity contribution in [1.82, 2.24) is 10.6 Å². The summed E-state index contributed by atoms with van der Waals surface area (Å²) in [6.45, 7) is 8.74. The van der Waals surface area contributed by atoms with Crippen LogP contribution in [0.5, 0.6) is 0 Å². The first kappa shape index (κ1) is 19.2. The number of benzene rings is 1. The maximum Gasteiger partial charge on any atom is 0.191 e. The molecule has 0 fully saturated rings. The van der Waals surface area contributed by atoms with Gasteiger partial charge in [-0.3, -0.25) is 0 Å². The number of hydrogen-bond donors (Lipinski definition) is 3. The predicted octanol–water partition coefficient (Wildman–Crippen LogP) is 2.51. The van der Waals surface area contributed by atoms with Crippen LogP contribution in [0.15, 0.2) is 29.3 Å². The summed E-state index contributed by atoms with van der Waals surface area (Å²) >= 11 is 0. The Morgan fingerprint density at radius 2 is 1.85 bits per heavy atom. The van der Waals surface area contributed by atoms with Crippen molar-refractivity contribution in [3.63, 3.8) is 0 Å². The van der Waals surface area contributed by atoms with Gasteiger partial charge in [-0.2, -0.15) is 0 Å². The number of hydrogen-bond acceptors (Lipinski definition) is 2. The number of rotatable bonds is 6. The molecule has 4 nitrogen and oxygen atoms in total. The first-order chi connectivity index (χ1) is 9.17. The van der Waals surface area contributed by atoms with Crippen molar-refractivity contribution in [2.75, 3.05) is 13.1 Å². The Kier molecular flexibility index (Phi) is 10.5. The van der Waals surface area contributed by atoms with E-state index < -0.39 is 0 Å². The van der Waals surface area contributed by atoms with E-state index in [4.69, 9.17) is 0 Å². The van der Waals surface area contributed by atoms with Crippen molar-refractivity contribution in [3.05, 3.63) is 35.4 Å². The van der Waals surface area contributed by atoms with Crippen LogP contribution in [0.2, 0.25) is 0 Å². The molecule has 0 saturated carbocycles. The zero-order chi connectivity index (χ0) is 14.1. The molecule has 3 N–H and O–H groups in total. The van der Waals surface area contributed by atoms with E-state index in [1.54, 1.807) is 0 Å². The van der Waals surface area contributed by atoms with Gasteiger partial charge in [-0.25, -0.2) is 4.99 Å². The average Bonchev–Trinajstić information content (AvgIpc) is 2.42. The molecule has 0 heterocycles. The highest BCUT2D eigenvalue weighted by Gasteiger charge is 2.02. The van der Waals surface area contributed by atoms with E-state index >= 15 is 0 Å². The lowest BCUT2D eigenvalue weighted by atomic mass is 10.1. The van der Waals surface area contributed by atoms with Gasteiger partial charge in [0, 0.05) is 13.1 Å². The smallest absolute Gasteiger partial charge is 0.191 e. The standard InChI is InChI=1S/C15H25N3O.HI/c1-4-16-15(17-9-12(2)3)18-10-13-7-5-6-8-14(13)11-19;/h5-8,12,19H,4,9-11H2,1-3H3,(H2,16,17,18);1H. The number of nitrogens with zero attached hydrogens (tertiary/aromatic N) is 1. The lowest BCUT2D eigenvalue weighted by Crippen LogP contribution is -2.39. The zero-order valence-corrected chi connectivity index (χ0v) is 14.8. The van der Waals surface area contributed by atoms with Crippen LogP contribution in [0.3, 0.4) is 0 Å². The molecule has 0 spiro atoms. The number of nitrogens with one attached hydrogen (secondary N) is 2. The second-order valence-corrected chi connectivity index (χ2v) is 4.90. The summed E-state index contributed by atoms with van der Waals surface area (Å²) in [5.41, 5.74) is 2.00. The minimum atomic E-state index is 0. The highest BCUT2D eigenvalue weighted by atomic mass is 127. The first-order valence-corrected chi connectivity index (χ1v) is 6.87. The van der Waals surface area contributed by atoms with Crippen molar-refractivity contribution in [2.45, 2.75) is 33.9 Å². The third-order valence-electron chi connectivity index (χ3n) is 2.72. The van der Waals surface area contributed by atoms with E-state index in [-0.39, 0.29) is 30.6 Å². The third kappa shape index (κ3) is 7.09. The van der Waals surface area contributed by atoms with E-state index in [9.17, 15) is 5.11 Å². The lowest BCUT2D eigenvalue weighted by Gasteiger charge is -2.13. The van der Waals surface area contributed by atoms with Crippen LogP contribution < -0.4 is 10.6 Å². The van der Waals surface area contributed by atoms with Crippen molar-refractivity contribution in [1.29, 1.82) is 0 Å². The Bertz CT molecular complexity index is 408. The van der Waals surface area contributed by atoms with E-state index in [2.05, 4.69) is 29.5 Å². The monoisotopic (exact) mass is 391 g/mol. The van der Waals surface area contributed by atoms with Crippen LogP contribution in [-0.4, -0.2) is 24.2 Å². The molecule has 0 aromatic heterocycles. The van der Waals surface area contributed by atoms with Crippen molar-refractivity contribution in [3.8, 4) is 0 Å². The van der Waals surface area contributed by atoms with Gasteiger partial charge in [0.15, 0.2) is 5.96 Å². The molecule has 0 aliphatic carbocycles. The fraction of sp³-hybridized carbons (Fsp3) is 0.533. The quantitative estimate of drug-likeness (QED) is 0.397. The van der Waals surface area contributed by atoms with Gasteiger partial charge in [0.2, 0.25) is 0 Å². The van der Waals surface area contributed by atoms with Gasteiger partial charge >= 0.3 is 0 Å². The Labute approximate surface area is 139 Å². The molecule has 114 valence electrons. The Balaban J connectivity index is 0.00000361. The van der Waals surface area contributed by atoms with E-state index in [1.807, 2.05) is 31.2 Å². The zero-order valence-electron chi connectivity index (χ0n) is 12.5. The van der Waals surface area contributed by atoms with Crippen LogP contribution >= 0.6 is 24.0 Å². The highest BCUT2D eigenvalue weighted by molar-refractivity contribution is 14.0. The van der Waals surface area contributed by atoms with Crippen LogP contribution in [0, 0.1) is 5.92 Å². The summed E-state index contributed by atoms with van der Waals surface area (Å²) < 4.78 is 0. The van der Waals surface area contributed by atoms with E-state index in [1.165, 1.54) is 0 Å². The van der Waals surface area contributed by atoms with Crippen LogP contribution in [0.1, 0.15) is 31.9 Å². The third-order valence-corrected chi connectivity index (χ3v) is 2.72. The molecule has 0 saturated heterocycles. The molecule has 1 rings (SSSR count). The topological polar surface area (TPSA) is 56.7 Å². The summed E-state index contributed by atoms with van der Waals surface area (Å²) in [4.78, 5) is 4.55. The molecule has 5 heteroatoms. The summed E-state index contributed by atoms with van der Waals surface area (Å²) in [6.07, 6.45) is 0. The van der Waals surface area contributed by atoms with Gasteiger partial charge in [0.1, 0.15) is 0 Å². The Hall–Kier alpha value is -0.820. The second-order valence-electron chi connectivity index (χ2n) is 4.90. The van der Waals surface area contributed by atoms with Gasteiger partial charge in [-0.1, -0.05) is 38.1 Å². The fourth-order valence-corrected chi connectivity index (χ4v) is 1.67. The van der Waals surface area contributed by atoms with Gasteiger partial charge < -0.3 is 15.7 Å². The Morgan fingerprint density at radius 1 is 1.20 bits per heavy atom. The van der Waals surface area contributed by atoms with Crippen molar-refractivity contribution in [2.24, 2.45) is 10.9 Å². The van der Waals surface area contributed by atoms with Gasteiger partial charge in [-0.05, 0) is 24.0 Å². The van der Waals surface area contributed by atoms with E-state index in [0.29, 0.717) is 12.5 Å². The number of aliphatic hydroxyl groups excluding tert-OH is 1. The maximum absolute atomic E-state index is 9.28. The van der Waals surface area contributed by atoms with E-state index in [0.717, 1.165) is 30.2 Å². The number of guanidine groups is 1. The molecule has 20 heavy (non-hydrogen) atoms. The molecule has 0 bridgehead atoms. The predicted molar refractivity (Wildman–Crippen MR) is 95.4 cm³/mol. The number of aliphatic hydroxyl groups is 1. The summed E-state index contributed by atoms with van der Waals surface area (Å²) in [6, 6.07) is 7.83. The molecule has 0 unspecified atom stereocenters. The maximum atomic E-state index is 9.28. The Morgan fingerprint density at radius 3 is 2.40 bits per heavy atom. The van der Waals surface area contributed by atoms with Crippen LogP contribution in [0.25, 0.3) is 0 Å². The van der Waals surface area contributed by atoms with Gasteiger partial charge in [-0.15, -0.1) is 24.0 Å². The molecule has 0 aliphatic heterocycles. The molecule has 1 aromatic carbocycles. The largest absolute Gasteiger partial charge is 0.392 e. The summed E-state index contributed by atoms with van der Waals surface area (Å²) in [5.74, 6) is 1.40. The molecule has 0 radical (unpaired) electrons. The molecule has 0 aliphatic rings. The SMILES string of the molecule is CCNC(=NCc1ccccc1CO)NCC(C)C.I. The average molecular weight is 391 g/mol.